The number of nitrogens with zero attached hydrogens (tertiary/aromatic N) is 2. The summed E-state index contributed by atoms with van der Waals surface area (Å²) in [5.41, 5.74) is -0.0675. The van der Waals surface area contributed by atoms with Crippen LogP contribution in [0.2, 0.25) is 5.02 Å². The van der Waals surface area contributed by atoms with Crippen LogP contribution in [0, 0.1) is 0 Å². The molecule has 0 bridgehead atoms. The quantitative estimate of drug-likeness (QED) is 0.759. The van der Waals surface area contributed by atoms with Crippen molar-refractivity contribution in [3.8, 4) is 0 Å². The molecule has 0 aromatic heterocycles. The lowest BCUT2D eigenvalue weighted by molar-refractivity contribution is 0.0589. The van der Waals surface area contributed by atoms with Gasteiger partial charge in [-0.15, -0.1) is 0 Å². The van der Waals surface area contributed by atoms with Crippen molar-refractivity contribution in [3.05, 3.63) is 28.8 Å². The van der Waals surface area contributed by atoms with E-state index in [2.05, 4.69) is 0 Å². The van der Waals surface area contributed by atoms with Crippen molar-refractivity contribution in [1.82, 2.24) is 9.80 Å². The van der Waals surface area contributed by atoms with Crippen LogP contribution in [0.1, 0.15) is 37.0 Å². The van der Waals surface area contributed by atoms with Gasteiger partial charge in [-0.1, -0.05) is 11.6 Å². The first-order valence-electron chi connectivity index (χ1n) is 8.76. The van der Waals surface area contributed by atoms with E-state index in [1.54, 1.807) is 9.80 Å². The minimum absolute atomic E-state index is 0.0298. The number of sulfone groups is 1. The van der Waals surface area contributed by atoms with Gasteiger partial charge in [0.15, 0.2) is 9.84 Å². The van der Waals surface area contributed by atoms with Crippen LogP contribution in [0.25, 0.3) is 0 Å². The molecule has 1 aromatic rings. The molecule has 0 N–H and O–H groups in total. The number of likely N-dealkylation sites (tertiary alicyclic amines) is 1. The SMILES string of the molecule is CC1(C)COC(=O)N1C1CCN(C(=O)c2ccc(S(C)(=O)=O)cc2Cl)CC1. The second-order valence-corrected chi connectivity index (χ2v) is 10.1. The van der Waals surface area contributed by atoms with E-state index >= 15 is 0 Å². The van der Waals surface area contributed by atoms with Crippen molar-refractivity contribution in [3.63, 3.8) is 0 Å². The number of piperidine rings is 1. The minimum Gasteiger partial charge on any atom is -0.447 e. The van der Waals surface area contributed by atoms with Crippen LogP contribution in [0.5, 0.6) is 0 Å². The molecule has 27 heavy (non-hydrogen) atoms. The molecule has 3 rings (SSSR count). The van der Waals surface area contributed by atoms with Crippen molar-refractivity contribution in [2.24, 2.45) is 0 Å². The number of carbonyl (C=O) groups excluding carboxylic acids is 2. The predicted octanol–water partition coefficient (Wildman–Crippen LogP) is 2.58. The molecule has 2 amide bonds. The summed E-state index contributed by atoms with van der Waals surface area (Å²) in [6.45, 7) is 5.30. The number of amides is 2. The molecule has 2 aliphatic heterocycles. The predicted molar refractivity (Wildman–Crippen MR) is 101 cm³/mol. The molecule has 2 fully saturated rings. The fraction of sp³-hybridized carbons (Fsp3) is 0.556. The average Bonchev–Trinajstić information content (AvgIpc) is 2.86. The Kier molecular flexibility index (Phi) is 5.16. The van der Waals surface area contributed by atoms with Crippen molar-refractivity contribution in [2.45, 2.75) is 43.2 Å². The molecule has 9 heteroatoms. The van der Waals surface area contributed by atoms with Crippen molar-refractivity contribution >= 4 is 33.4 Å². The van der Waals surface area contributed by atoms with E-state index in [1.807, 2.05) is 13.8 Å². The normalized spacial score (nSPS) is 20.7. The minimum atomic E-state index is -3.38. The van der Waals surface area contributed by atoms with E-state index < -0.39 is 9.84 Å². The number of hydrogen-bond donors (Lipinski definition) is 0. The van der Waals surface area contributed by atoms with Gasteiger partial charge in [0.05, 0.1) is 21.0 Å². The van der Waals surface area contributed by atoms with Gasteiger partial charge >= 0.3 is 6.09 Å². The topological polar surface area (TPSA) is 84.0 Å². The van der Waals surface area contributed by atoms with Gasteiger partial charge in [-0.3, -0.25) is 9.69 Å². The molecule has 148 valence electrons. The molecule has 1 aromatic carbocycles. The van der Waals surface area contributed by atoms with E-state index in [-0.39, 0.29) is 39.1 Å². The standard InChI is InChI=1S/C18H23ClN2O5S/c1-18(2)11-26-17(23)21(18)12-6-8-20(9-7-12)16(22)14-5-4-13(10-15(14)19)27(3,24)25/h4-5,10,12H,6-9,11H2,1-3H3. The number of cyclic esters (lactones) is 1. The Morgan fingerprint density at radius 1 is 1.26 bits per heavy atom. The van der Waals surface area contributed by atoms with Gasteiger partial charge in [0.1, 0.15) is 6.61 Å². The number of ether oxygens (including phenoxy) is 1. The molecule has 7 nitrogen and oxygen atoms in total. The van der Waals surface area contributed by atoms with Crippen LogP contribution in [0.15, 0.2) is 23.1 Å². The Morgan fingerprint density at radius 2 is 1.89 bits per heavy atom. The second-order valence-electron chi connectivity index (χ2n) is 7.67. The Labute approximate surface area is 164 Å². The lowest BCUT2D eigenvalue weighted by Gasteiger charge is -2.40. The highest BCUT2D eigenvalue weighted by Gasteiger charge is 2.45. The number of rotatable bonds is 3. The third kappa shape index (κ3) is 3.91. The van der Waals surface area contributed by atoms with Gasteiger partial charge in [0.2, 0.25) is 0 Å². The summed E-state index contributed by atoms with van der Waals surface area (Å²) in [7, 11) is -3.38. The van der Waals surface area contributed by atoms with Crippen LogP contribution in [-0.2, 0) is 14.6 Å². The molecule has 2 aliphatic rings. The van der Waals surface area contributed by atoms with E-state index in [4.69, 9.17) is 16.3 Å². The maximum atomic E-state index is 12.8. The number of carbonyl (C=O) groups is 2. The molecule has 0 aliphatic carbocycles. The van der Waals surface area contributed by atoms with Crippen molar-refractivity contribution < 1.29 is 22.7 Å². The summed E-state index contributed by atoms with van der Waals surface area (Å²) in [6, 6.07) is 4.18. The van der Waals surface area contributed by atoms with Crippen LogP contribution in [-0.4, -0.2) is 67.8 Å². The maximum absolute atomic E-state index is 12.8. The Hall–Kier alpha value is -1.80. The molecular weight excluding hydrogens is 392 g/mol. The van der Waals surface area contributed by atoms with E-state index in [0.29, 0.717) is 32.5 Å². The van der Waals surface area contributed by atoms with E-state index in [1.165, 1.54) is 18.2 Å². The lowest BCUT2D eigenvalue weighted by atomic mass is 9.96. The van der Waals surface area contributed by atoms with Gasteiger partial charge in [0, 0.05) is 25.4 Å². The zero-order valence-corrected chi connectivity index (χ0v) is 17.1. The van der Waals surface area contributed by atoms with Crippen molar-refractivity contribution in [1.29, 1.82) is 0 Å². The molecule has 2 heterocycles. The Morgan fingerprint density at radius 3 is 2.37 bits per heavy atom. The molecule has 0 unspecified atom stereocenters. The monoisotopic (exact) mass is 414 g/mol. The third-order valence-corrected chi connectivity index (χ3v) is 6.54. The van der Waals surface area contributed by atoms with Gasteiger partial charge in [-0.25, -0.2) is 13.2 Å². The Balaban J connectivity index is 1.70. The zero-order chi connectivity index (χ0) is 20.0. The second kappa shape index (κ2) is 6.98. The highest BCUT2D eigenvalue weighted by molar-refractivity contribution is 7.90. The first kappa shape index (κ1) is 19.9. The van der Waals surface area contributed by atoms with Gasteiger partial charge in [-0.05, 0) is 44.9 Å². The molecule has 2 saturated heterocycles. The first-order valence-corrected chi connectivity index (χ1v) is 11.0. The summed E-state index contributed by atoms with van der Waals surface area (Å²) in [5.74, 6) is -0.234. The fourth-order valence-electron chi connectivity index (χ4n) is 3.67. The largest absolute Gasteiger partial charge is 0.447 e. The molecule has 0 saturated carbocycles. The lowest BCUT2D eigenvalue weighted by Crippen LogP contribution is -2.53. The number of hydrogen-bond acceptors (Lipinski definition) is 5. The highest BCUT2D eigenvalue weighted by atomic mass is 35.5. The number of benzene rings is 1. The van der Waals surface area contributed by atoms with Crippen LogP contribution in [0.3, 0.4) is 0 Å². The summed E-state index contributed by atoms with van der Waals surface area (Å²) >= 11 is 6.16. The summed E-state index contributed by atoms with van der Waals surface area (Å²) < 4.78 is 28.4. The third-order valence-electron chi connectivity index (χ3n) is 5.11. The van der Waals surface area contributed by atoms with E-state index in [9.17, 15) is 18.0 Å². The Bertz CT molecular complexity index is 876. The molecular formula is C18H23ClN2O5S. The van der Waals surface area contributed by atoms with Crippen molar-refractivity contribution in [2.75, 3.05) is 26.0 Å². The van der Waals surface area contributed by atoms with Gasteiger partial charge in [-0.2, -0.15) is 0 Å². The number of halogens is 1. The summed E-state index contributed by atoms with van der Waals surface area (Å²) in [4.78, 5) is 28.4. The first-order chi connectivity index (χ1) is 12.5. The molecule has 0 spiro atoms. The zero-order valence-electron chi connectivity index (χ0n) is 15.6. The van der Waals surface area contributed by atoms with Crippen LogP contribution in [0.4, 0.5) is 4.79 Å². The smallest absolute Gasteiger partial charge is 0.410 e. The fourth-order valence-corrected chi connectivity index (χ4v) is 4.64. The van der Waals surface area contributed by atoms with E-state index in [0.717, 1.165) is 6.26 Å². The summed E-state index contributed by atoms with van der Waals surface area (Å²) in [6.07, 6.45) is 2.10. The maximum Gasteiger partial charge on any atom is 0.410 e. The highest BCUT2D eigenvalue weighted by Crippen LogP contribution is 2.31. The van der Waals surface area contributed by atoms with Crippen LogP contribution < -0.4 is 0 Å². The van der Waals surface area contributed by atoms with Gasteiger partial charge in [0.25, 0.3) is 5.91 Å². The molecule has 0 radical (unpaired) electrons. The summed E-state index contributed by atoms with van der Waals surface area (Å²) in [5, 5.41) is 0.120. The van der Waals surface area contributed by atoms with Gasteiger partial charge < -0.3 is 9.64 Å². The van der Waals surface area contributed by atoms with Crippen LogP contribution >= 0.6 is 11.6 Å². The average molecular weight is 415 g/mol. The molecule has 0 atom stereocenters.